The van der Waals surface area contributed by atoms with Crippen LogP contribution in [0.15, 0.2) is 57.0 Å². The first-order chi connectivity index (χ1) is 7.79. The van der Waals surface area contributed by atoms with E-state index in [-0.39, 0.29) is 0 Å². The van der Waals surface area contributed by atoms with Gasteiger partial charge in [0.2, 0.25) is 0 Å². The molecule has 0 unspecified atom stereocenters. The van der Waals surface area contributed by atoms with Gasteiger partial charge in [-0.2, -0.15) is 0 Å². The van der Waals surface area contributed by atoms with Crippen molar-refractivity contribution in [2.45, 2.75) is 9.79 Å². The molecule has 0 spiro atoms. The molecule has 0 atom stereocenters. The largest absolute Gasteiger partial charge is 0.298 e. The predicted octanol–water partition coefficient (Wildman–Crippen LogP) is 3.81. The number of benzene rings is 1. The third-order valence-corrected chi connectivity index (χ3v) is 3.55. The molecular formula is C12H8BrNOS. The Morgan fingerprint density at radius 3 is 2.62 bits per heavy atom. The summed E-state index contributed by atoms with van der Waals surface area (Å²) in [6, 6.07) is 9.44. The maximum atomic E-state index is 10.9. The van der Waals surface area contributed by atoms with Crippen molar-refractivity contribution in [1.82, 2.24) is 4.98 Å². The Bertz CT molecular complexity index is 502. The van der Waals surface area contributed by atoms with Gasteiger partial charge >= 0.3 is 0 Å². The summed E-state index contributed by atoms with van der Waals surface area (Å²) in [4.78, 5) is 16.8. The van der Waals surface area contributed by atoms with Crippen LogP contribution in [0.1, 0.15) is 10.4 Å². The van der Waals surface area contributed by atoms with E-state index >= 15 is 0 Å². The van der Waals surface area contributed by atoms with Gasteiger partial charge < -0.3 is 0 Å². The van der Waals surface area contributed by atoms with E-state index in [1.165, 1.54) is 0 Å². The van der Waals surface area contributed by atoms with Crippen molar-refractivity contribution in [2.24, 2.45) is 0 Å². The van der Waals surface area contributed by atoms with Crippen LogP contribution >= 0.6 is 27.7 Å². The van der Waals surface area contributed by atoms with E-state index in [1.54, 1.807) is 30.2 Å². The second-order valence-corrected chi connectivity index (χ2v) is 5.12. The molecule has 1 heterocycles. The Kier molecular flexibility index (Phi) is 3.74. The Morgan fingerprint density at radius 2 is 1.94 bits per heavy atom. The van der Waals surface area contributed by atoms with E-state index < -0.39 is 0 Å². The minimum absolute atomic E-state index is 0.699. The number of hydrogen-bond donors (Lipinski definition) is 0. The smallest absolute Gasteiger partial charge is 0.151 e. The lowest BCUT2D eigenvalue weighted by atomic mass is 10.2. The number of halogens is 1. The molecule has 1 aromatic heterocycles. The highest BCUT2D eigenvalue weighted by atomic mass is 79.9. The molecule has 0 aliphatic rings. The molecule has 4 heteroatoms. The molecule has 0 aliphatic heterocycles. The van der Waals surface area contributed by atoms with Crippen molar-refractivity contribution in [2.75, 3.05) is 0 Å². The SMILES string of the molecule is O=Cc1ccc(Br)cc1Sc1ccncc1. The summed E-state index contributed by atoms with van der Waals surface area (Å²) in [5.41, 5.74) is 0.699. The van der Waals surface area contributed by atoms with Crippen molar-refractivity contribution in [3.63, 3.8) is 0 Å². The van der Waals surface area contributed by atoms with Gasteiger partial charge in [-0.15, -0.1) is 0 Å². The van der Waals surface area contributed by atoms with Gasteiger partial charge in [0, 0.05) is 32.2 Å². The van der Waals surface area contributed by atoms with Crippen molar-refractivity contribution in [3.8, 4) is 0 Å². The number of aldehydes is 1. The monoisotopic (exact) mass is 293 g/mol. The number of nitrogens with zero attached hydrogens (tertiary/aromatic N) is 1. The zero-order chi connectivity index (χ0) is 11.4. The maximum Gasteiger partial charge on any atom is 0.151 e. The van der Waals surface area contributed by atoms with E-state index in [0.29, 0.717) is 5.56 Å². The van der Waals surface area contributed by atoms with Gasteiger partial charge in [-0.1, -0.05) is 27.7 Å². The van der Waals surface area contributed by atoms with Gasteiger partial charge in [-0.25, -0.2) is 0 Å². The fraction of sp³-hybridized carbons (Fsp3) is 0. The minimum atomic E-state index is 0.699. The summed E-state index contributed by atoms with van der Waals surface area (Å²) in [6.45, 7) is 0. The van der Waals surface area contributed by atoms with Crippen LogP contribution in [-0.4, -0.2) is 11.3 Å². The number of aromatic nitrogens is 1. The number of rotatable bonds is 3. The molecule has 1 aromatic carbocycles. The summed E-state index contributed by atoms with van der Waals surface area (Å²) in [5, 5.41) is 0. The molecule has 0 N–H and O–H groups in total. The van der Waals surface area contributed by atoms with Gasteiger partial charge in [-0.05, 0) is 30.3 Å². The van der Waals surface area contributed by atoms with E-state index in [0.717, 1.165) is 20.5 Å². The normalized spacial score (nSPS) is 10.1. The van der Waals surface area contributed by atoms with Gasteiger partial charge in [0.25, 0.3) is 0 Å². The molecule has 0 amide bonds. The molecule has 80 valence electrons. The van der Waals surface area contributed by atoms with Crippen molar-refractivity contribution < 1.29 is 4.79 Å². The molecule has 2 rings (SSSR count). The molecule has 0 bridgehead atoms. The predicted molar refractivity (Wildman–Crippen MR) is 67.9 cm³/mol. The zero-order valence-corrected chi connectivity index (χ0v) is 10.7. The third-order valence-electron chi connectivity index (χ3n) is 1.98. The average molecular weight is 294 g/mol. The quantitative estimate of drug-likeness (QED) is 0.806. The lowest BCUT2D eigenvalue weighted by Crippen LogP contribution is -1.85. The van der Waals surface area contributed by atoms with Gasteiger partial charge in [0.1, 0.15) is 0 Å². The van der Waals surface area contributed by atoms with Crippen molar-refractivity contribution in [3.05, 3.63) is 52.8 Å². The second kappa shape index (κ2) is 5.27. The van der Waals surface area contributed by atoms with Crippen LogP contribution in [0.4, 0.5) is 0 Å². The molecular weight excluding hydrogens is 286 g/mol. The summed E-state index contributed by atoms with van der Waals surface area (Å²) in [5.74, 6) is 0. The first kappa shape index (κ1) is 11.4. The zero-order valence-electron chi connectivity index (χ0n) is 8.26. The van der Waals surface area contributed by atoms with Gasteiger partial charge in [-0.3, -0.25) is 9.78 Å². The highest BCUT2D eigenvalue weighted by Gasteiger charge is 2.04. The Balaban J connectivity index is 2.33. The fourth-order valence-corrected chi connectivity index (χ4v) is 2.67. The van der Waals surface area contributed by atoms with Crippen LogP contribution in [0.5, 0.6) is 0 Å². The molecule has 2 aromatic rings. The summed E-state index contributed by atoms with van der Waals surface area (Å²) < 4.78 is 0.967. The van der Waals surface area contributed by atoms with Gasteiger partial charge in [0.15, 0.2) is 6.29 Å². The third kappa shape index (κ3) is 2.71. The summed E-state index contributed by atoms with van der Waals surface area (Å²) >= 11 is 4.95. The van der Waals surface area contributed by atoms with E-state index in [1.807, 2.05) is 24.3 Å². The van der Waals surface area contributed by atoms with E-state index in [9.17, 15) is 4.79 Å². The highest BCUT2D eigenvalue weighted by molar-refractivity contribution is 9.10. The van der Waals surface area contributed by atoms with Crippen LogP contribution in [0.3, 0.4) is 0 Å². The lowest BCUT2D eigenvalue weighted by molar-refractivity contribution is 0.112. The van der Waals surface area contributed by atoms with Crippen LogP contribution in [-0.2, 0) is 0 Å². The second-order valence-electron chi connectivity index (χ2n) is 3.08. The maximum absolute atomic E-state index is 10.9. The first-order valence-electron chi connectivity index (χ1n) is 4.62. The van der Waals surface area contributed by atoms with Crippen LogP contribution in [0, 0.1) is 0 Å². The molecule has 2 nitrogen and oxygen atoms in total. The van der Waals surface area contributed by atoms with Crippen molar-refractivity contribution in [1.29, 1.82) is 0 Å². The topological polar surface area (TPSA) is 30.0 Å². The molecule has 0 saturated carbocycles. The minimum Gasteiger partial charge on any atom is -0.298 e. The summed E-state index contributed by atoms with van der Waals surface area (Å²) in [6.07, 6.45) is 4.35. The molecule has 0 aliphatic carbocycles. The Morgan fingerprint density at radius 1 is 1.19 bits per heavy atom. The van der Waals surface area contributed by atoms with E-state index in [2.05, 4.69) is 20.9 Å². The molecule has 0 saturated heterocycles. The molecule has 0 radical (unpaired) electrons. The van der Waals surface area contributed by atoms with Crippen LogP contribution < -0.4 is 0 Å². The molecule has 0 fully saturated rings. The van der Waals surface area contributed by atoms with Crippen LogP contribution in [0.25, 0.3) is 0 Å². The average Bonchev–Trinajstić information content (AvgIpc) is 2.31. The number of carbonyl (C=O) groups excluding carboxylic acids is 1. The first-order valence-corrected chi connectivity index (χ1v) is 6.23. The van der Waals surface area contributed by atoms with Crippen LogP contribution in [0.2, 0.25) is 0 Å². The fourth-order valence-electron chi connectivity index (χ4n) is 1.23. The molecule has 16 heavy (non-hydrogen) atoms. The van der Waals surface area contributed by atoms with Crippen molar-refractivity contribution >= 4 is 34.0 Å². The Hall–Kier alpha value is -1.13. The summed E-state index contributed by atoms with van der Waals surface area (Å²) in [7, 11) is 0. The number of pyridine rings is 1. The number of carbonyl (C=O) groups is 1. The Labute approximate surface area is 106 Å². The number of hydrogen-bond acceptors (Lipinski definition) is 3. The standard InChI is InChI=1S/C12H8BrNOS/c13-10-2-1-9(8-15)12(7-10)16-11-3-5-14-6-4-11/h1-8H. The highest BCUT2D eigenvalue weighted by Crippen LogP contribution is 2.31. The lowest BCUT2D eigenvalue weighted by Gasteiger charge is -2.04. The van der Waals surface area contributed by atoms with E-state index in [4.69, 9.17) is 0 Å². The van der Waals surface area contributed by atoms with Gasteiger partial charge in [0.05, 0.1) is 0 Å².